The molecule has 2 saturated heterocycles. The molecule has 0 saturated carbocycles. The van der Waals surface area contributed by atoms with Gasteiger partial charge in [0.1, 0.15) is 0 Å². The summed E-state index contributed by atoms with van der Waals surface area (Å²) in [5.74, 6) is 0.756. The number of aromatic nitrogens is 1. The monoisotopic (exact) mass is 245 g/mol. The summed E-state index contributed by atoms with van der Waals surface area (Å²) in [6.45, 7) is 4.96. The molecule has 3 heterocycles. The second-order valence-corrected chi connectivity index (χ2v) is 5.57. The van der Waals surface area contributed by atoms with E-state index < -0.39 is 0 Å². The lowest BCUT2D eigenvalue weighted by molar-refractivity contribution is 0.127. The lowest BCUT2D eigenvalue weighted by Gasteiger charge is -2.39. The van der Waals surface area contributed by atoms with Crippen molar-refractivity contribution >= 4 is 0 Å². The first-order valence-corrected chi connectivity index (χ1v) is 7.28. The Morgan fingerprint density at radius 1 is 1.00 bits per heavy atom. The third-order valence-corrected chi connectivity index (χ3v) is 4.53. The molecule has 18 heavy (non-hydrogen) atoms. The van der Waals surface area contributed by atoms with E-state index in [1.165, 1.54) is 57.4 Å². The molecular weight excluding hydrogens is 222 g/mol. The predicted molar refractivity (Wildman–Crippen MR) is 73.7 cm³/mol. The zero-order valence-electron chi connectivity index (χ0n) is 11.0. The van der Waals surface area contributed by atoms with E-state index in [2.05, 4.69) is 27.3 Å². The third-order valence-electron chi connectivity index (χ3n) is 4.53. The minimum atomic E-state index is 0.756. The van der Waals surface area contributed by atoms with Gasteiger partial charge in [0.25, 0.3) is 0 Å². The largest absolute Gasteiger partial charge is 0.317 e. The Balaban J connectivity index is 1.54. The van der Waals surface area contributed by atoms with Gasteiger partial charge in [-0.15, -0.1) is 0 Å². The van der Waals surface area contributed by atoms with E-state index in [9.17, 15) is 0 Å². The van der Waals surface area contributed by atoms with E-state index in [0.717, 1.165) is 12.0 Å². The van der Waals surface area contributed by atoms with Crippen LogP contribution in [0.2, 0.25) is 0 Å². The highest BCUT2D eigenvalue weighted by Gasteiger charge is 2.26. The fraction of sp³-hybridized carbons (Fsp3) is 0.667. The van der Waals surface area contributed by atoms with Crippen LogP contribution in [-0.4, -0.2) is 42.1 Å². The summed E-state index contributed by atoms with van der Waals surface area (Å²) < 4.78 is 0. The van der Waals surface area contributed by atoms with Crippen molar-refractivity contribution in [2.24, 2.45) is 0 Å². The smallest absolute Gasteiger partial charge is 0.0270 e. The van der Waals surface area contributed by atoms with Gasteiger partial charge in [0.05, 0.1) is 0 Å². The number of nitrogens with one attached hydrogen (secondary N) is 1. The van der Waals surface area contributed by atoms with Gasteiger partial charge in [-0.1, -0.05) is 0 Å². The van der Waals surface area contributed by atoms with Crippen molar-refractivity contribution in [2.45, 2.75) is 37.6 Å². The number of nitrogens with zero attached hydrogens (tertiary/aromatic N) is 2. The summed E-state index contributed by atoms with van der Waals surface area (Å²) in [6.07, 6.45) is 9.14. The molecule has 0 atom stereocenters. The van der Waals surface area contributed by atoms with Crippen molar-refractivity contribution in [1.29, 1.82) is 0 Å². The zero-order chi connectivity index (χ0) is 12.2. The second kappa shape index (κ2) is 5.81. The van der Waals surface area contributed by atoms with E-state index >= 15 is 0 Å². The molecule has 0 aromatic carbocycles. The average Bonchev–Trinajstić information content (AvgIpc) is 2.49. The van der Waals surface area contributed by atoms with Crippen LogP contribution in [0.15, 0.2) is 24.5 Å². The van der Waals surface area contributed by atoms with Gasteiger partial charge in [-0.05, 0) is 75.5 Å². The van der Waals surface area contributed by atoms with Crippen molar-refractivity contribution < 1.29 is 0 Å². The van der Waals surface area contributed by atoms with E-state index in [4.69, 9.17) is 0 Å². The number of likely N-dealkylation sites (tertiary alicyclic amines) is 1. The van der Waals surface area contributed by atoms with Crippen molar-refractivity contribution in [3.05, 3.63) is 30.1 Å². The summed E-state index contributed by atoms with van der Waals surface area (Å²) in [4.78, 5) is 6.83. The van der Waals surface area contributed by atoms with Gasteiger partial charge in [0.15, 0.2) is 0 Å². The molecule has 3 nitrogen and oxygen atoms in total. The van der Waals surface area contributed by atoms with Crippen molar-refractivity contribution in [2.75, 3.05) is 26.2 Å². The van der Waals surface area contributed by atoms with Gasteiger partial charge in [-0.2, -0.15) is 0 Å². The molecule has 98 valence electrons. The maximum absolute atomic E-state index is 4.11. The standard InChI is InChI=1S/C15H23N3/c1-7-16-8-2-13(1)14-5-11-18(12-6-14)15-3-9-17-10-4-15/h1-2,7-8,14-15,17H,3-6,9-12H2. The van der Waals surface area contributed by atoms with Gasteiger partial charge < -0.3 is 10.2 Å². The Hall–Kier alpha value is -0.930. The van der Waals surface area contributed by atoms with E-state index in [-0.39, 0.29) is 0 Å². The highest BCUT2D eigenvalue weighted by molar-refractivity contribution is 5.16. The molecule has 2 fully saturated rings. The molecule has 0 aliphatic carbocycles. The first-order chi connectivity index (χ1) is 8.93. The van der Waals surface area contributed by atoms with Crippen LogP contribution in [0.4, 0.5) is 0 Å². The van der Waals surface area contributed by atoms with Crippen LogP contribution < -0.4 is 5.32 Å². The summed E-state index contributed by atoms with van der Waals surface area (Å²) in [6, 6.07) is 5.21. The highest BCUT2D eigenvalue weighted by atomic mass is 15.2. The summed E-state index contributed by atoms with van der Waals surface area (Å²) >= 11 is 0. The number of pyridine rings is 1. The maximum atomic E-state index is 4.11. The quantitative estimate of drug-likeness (QED) is 0.864. The lowest BCUT2D eigenvalue weighted by atomic mass is 9.88. The molecule has 0 unspecified atom stereocenters. The van der Waals surface area contributed by atoms with Gasteiger partial charge in [0.2, 0.25) is 0 Å². The lowest BCUT2D eigenvalue weighted by Crippen LogP contribution is -2.46. The van der Waals surface area contributed by atoms with Crippen molar-refractivity contribution in [3.63, 3.8) is 0 Å². The second-order valence-electron chi connectivity index (χ2n) is 5.57. The number of rotatable bonds is 2. The molecular formula is C15H23N3. The van der Waals surface area contributed by atoms with Crippen LogP contribution >= 0.6 is 0 Å². The van der Waals surface area contributed by atoms with E-state index in [1.807, 2.05) is 12.4 Å². The number of piperidine rings is 2. The first-order valence-electron chi connectivity index (χ1n) is 7.28. The molecule has 3 heteroatoms. The zero-order valence-corrected chi connectivity index (χ0v) is 11.0. The topological polar surface area (TPSA) is 28.2 Å². The molecule has 3 rings (SSSR count). The van der Waals surface area contributed by atoms with Crippen LogP contribution in [0.3, 0.4) is 0 Å². The van der Waals surface area contributed by atoms with Crippen LogP contribution in [-0.2, 0) is 0 Å². The van der Waals surface area contributed by atoms with Crippen LogP contribution in [0, 0.1) is 0 Å². The summed E-state index contributed by atoms with van der Waals surface area (Å²) in [7, 11) is 0. The Bertz CT molecular complexity index is 351. The molecule has 0 spiro atoms. The molecule has 0 bridgehead atoms. The first kappa shape index (κ1) is 12.1. The maximum Gasteiger partial charge on any atom is 0.0270 e. The normalized spacial score (nSPS) is 24.2. The molecule has 2 aliphatic heterocycles. The fourth-order valence-electron chi connectivity index (χ4n) is 3.41. The van der Waals surface area contributed by atoms with Gasteiger partial charge >= 0.3 is 0 Å². The van der Waals surface area contributed by atoms with Crippen LogP contribution in [0.25, 0.3) is 0 Å². The molecule has 0 amide bonds. The van der Waals surface area contributed by atoms with Crippen LogP contribution in [0.1, 0.15) is 37.2 Å². The average molecular weight is 245 g/mol. The minimum absolute atomic E-state index is 0.756. The Kier molecular flexibility index (Phi) is 3.91. The van der Waals surface area contributed by atoms with Gasteiger partial charge in [-0.25, -0.2) is 0 Å². The van der Waals surface area contributed by atoms with E-state index in [0.29, 0.717) is 0 Å². The minimum Gasteiger partial charge on any atom is -0.317 e. The fourth-order valence-corrected chi connectivity index (χ4v) is 3.41. The Morgan fingerprint density at radius 3 is 2.33 bits per heavy atom. The van der Waals surface area contributed by atoms with E-state index in [1.54, 1.807) is 0 Å². The molecule has 1 aromatic rings. The third kappa shape index (κ3) is 2.73. The highest BCUT2D eigenvalue weighted by Crippen LogP contribution is 2.29. The summed E-state index contributed by atoms with van der Waals surface area (Å²) in [5.41, 5.74) is 1.48. The van der Waals surface area contributed by atoms with Gasteiger partial charge in [0, 0.05) is 18.4 Å². The van der Waals surface area contributed by atoms with Gasteiger partial charge in [-0.3, -0.25) is 4.98 Å². The molecule has 1 aromatic heterocycles. The number of hydrogen-bond acceptors (Lipinski definition) is 3. The molecule has 0 radical (unpaired) electrons. The van der Waals surface area contributed by atoms with Crippen molar-refractivity contribution in [1.82, 2.24) is 15.2 Å². The Morgan fingerprint density at radius 2 is 1.67 bits per heavy atom. The predicted octanol–water partition coefficient (Wildman–Crippen LogP) is 2.01. The molecule has 1 N–H and O–H groups in total. The van der Waals surface area contributed by atoms with Crippen LogP contribution in [0.5, 0.6) is 0 Å². The van der Waals surface area contributed by atoms with Crippen molar-refractivity contribution in [3.8, 4) is 0 Å². The summed E-state index contributed by atoms with van der Waals surface area (Å²) in [5, 5.41) is 3.45. The Labute approximate surface area is 110 Å². The molecule has 2 aliphatic rings. The SMILES string of the molecule is c1cc(C2CCN(C3CCNCC3)CC2)ccn1. The number of hydrogen-bond donors (Lipinski definition) is 1.